The number of hydrogen-bond donors (Lipinski definition) is 2. The predicted molar refractivity (Wildman–Crippen MR) is 77.6 cm³/mol. The summed E-state index contributed by atoms with van der Waals surface area (Å²) < 4.78 is 4.64. The minimum atomic E-state index is -0.342. The van der Waals surface area contributed by atoms with E-state index in [1.54, 1.807) is 12.1 Å². The third-order valence-corrected chi connectivity index (χ3v) is 3.05. The predicted octanol–water partition coefficient (Wildman–Crippen LogP) is 0.987. The van der Waals surface area contributed by atoms with Crippen molar-refractivity contribution in [1.82, 2.24) is 10.6 Å². The van der Waals surface area contributed by atoms with Crippen LogP contribution >= 0.6 is 0 Å². The Balaban J connectivity index is 2.39. The van der Waals surface area contributed by atoms with E-state index in [0.29, 0.717) is 18.7 Å². The molecule has 0 saturated carbocycles. The molecule has 0 spiro atoms. The molecule has 110 valence electrons. The van der Waals surface area contributed by atoms with Gasteiger partial charge in [0.2, 0.25) is 5.91 Å². The van der Waals surface area contributed by atoms with E-state index in [4.69, 9.17) is 0 Å². The number of ether oxygens (including phenoxy) is 1. The summed E-state index contributed by atoms with van der Waals surface area (Å²) in [5, 5.41) is 5.87. The first-order valence-corrected chi connectivity index (χ1v) is 6.68. The molecule has 20 heavy (non-hydrogen) atoms. The lowest BCUT2D eigenvalue weighted by atomic mass is 10.1. The van der Waals surface area contributed by atoms with Crippen LogP contribution in [0, 0.1) is 5.92 Å². The van der Waals surface area contributed by atoms with E-state index in [-0.39, 0.29) is 17.8 Å². The van der Waals surface area contributed by atoms with E-state index in [0.717, 1.165) is 12.0 Å². The Kier molecular flexibility index (Phi) is 6.73. The second-order valence-electron chi connectivity index (χ2n) is 4.69. The maximum absolute atomic E-state index is 11.7. The van der Waals surface area contributed by atoms with E-state index in [2.05, 4.69) is 15.4 Å². The first-order chi connectivity index (χ1) is 9.58. The van der Waals surface area contributed by atoms with Crippen molar-refractivity contribution in [2.45, 2.75) is 13.3 Å². The van der Waals surface area contributed by atoms with Crippen LogP contribution in [0.3, 0.4) is 0 Å². The monoisotopic (exact) mass is 278 g/mol. The van der Waals surface area contributed by atoms with Crippen molar-refractivity contribution in [3.8, 4) is 0 Å². The average Bonchev–Trinajstić information content (AvgIpc) is 2.47. The van der Waals surface area contributed by atoms with Gasteiger partial charge in [0.25, 0.3) is 0 Å². The van der Waals surface area contributed by atoms with Crippen molar-refractivity contribution < 1.29 is 14.3 Å². The third-order valence-electron chi connectivity index (χ3n) is 3.05. The largest absolute Gasteiger partial charge is 0.465 e. The first kappa shape index (κ1) is 16.2. The molecule has 0 fully saturated rings. The molecule has 1 aromatic carbocycles. The van der Waals surface area contributed by atoms with Crippen LogP contribution in [0.25, 0.3) is 0 Å². The van der Waals surface area contributed by atoms with Gasteiger partial charge in [-0.1, -0.05) is 19.1 Å². The molecule has 0 bridgehead atoms. The summed E-state index contributed by atoms with van der Waals surface area (Å²) in [6.07, 6.45) is 0.736. The van der Waals surface area contributed by atoms with Gasteiger partial charge in [0, 0.05) is 19.0 Å². The van der Waals surface area contributed by atoms with Gasteiger partial charge in [0.05, 0.1) is 12.7 Å². The van der Waals surface area contributed by atoms with Crippen LogP contribution in [0.5, 0.6) is 0 Å². The zero-order valence-electron chi connectivity index (χ0n) is 12.2. The van der Waals surface area contributed by atoms with Gasteiger partial charge in [-0.15, -0.1) is 0 Å². The molecule has 1 aromatic rings. The SMILES string of the molecule is CNCC(C)C(=O)NCCc1ccc(C(=O)OC)cc1. The number of carbonyl (C=O) groups is 2. The minimum absolute atomic E-state index is 0.0401. The topological polar surface area (TPSA) is 67.4 Å². The van der Waals surface area contributed by atoms with Gasteiger partial charge in [-0.05, 0) is 31.2 Å². The molecule has 0 aliphatic carbocycles. The van der Waals surface area contributed by atoms with Crippen LogP contribution < -0.4 is 10.6 Å². The van der Waals surface area contributed by atoms with Crippen molar-refractivity contribution in [3.05, 3.63) is 35.4 Å². The number of amides is 1. The van der Waals surface area contributed by atoms with Crippen LogP contribution in [0.1, 0.15) is 22.8 Å². The summed E-state index contributed by atoms with van der Waals surface area (Å²) in [7, 11) is 3.19. The quantitative estimate of drug-likeness (QED) is 0.730. The third kappa shape index (κ3) is 5.01. The smallest absolute Gasteiger partial charge is 0.337 e. The van der Waals surface area contributed by atoms with Crippen LogP contribution in [0.2, 0.25) is 0 Å². The minimum Gasteiger partial charge on any atom is -0.465 e. The number of hydrogen-bond acceptors (Lipinski definition) is 4. The molecule has 2 N–H and O–H groups in total. The van der Waals surface area contributed by atoms with E-state index < -0.39 is 0 Å². The zero-order chi connectivity index (χ0) is 15.0. The average molecular weight is 278 g/mol. The van der Waals surface area contributed by atoms with E-state index in [9.17, 15) is 9.59 Å². The lowest BCUT2D eigenvalue weighted by molar-refractivity contribution is -0.124. The van der Waals surface area contributed by atoms with Crippen molar-refractivity contribution in [2.24, 2.45) is 5.92 Å². The van der Waals surface area contributed by atoms with E-state index >= 15 is 0 Å². The van der Waals surface area contributed by atoms with Crippen molar-refractivity contribution in [3.63, 3.8) is 0 Å². The van der Waals surface area contributed by atoms with E-state index in [1.807, 2.05) is 26.1 Å². The standard InChI is InChI=1S/C15H22N2O3/c1-11(10-16-2)14(18)17-9-8-12-4-6-13(7-5-12)15(19)20-3/h4-7,11,16H,8-10H2,1-3H3,(H,17,18). The fraction of sp³-hybridized carbons (Fsp3) is 0.467. The lowest BCUT2D eigenvalue weighted by Crippen LogP contribution is -2.35. The number of esters is 1. The highest BCUT2D eigenvalue weighted by Gasteiger charge is 2.10. The van der Waals surface area contributed by atoms with Gasteiger partial charge in [0.15, 0.2) is 0 Å². The molecular weight excluding hydrogens is 256 g/mol. The molecule has 5 heteroatoms. The normalized spacial score (nSPS) is 11.8. The van der Waals surface area contributed by atoms with Crippen molar-refractivity contribution in [1.29, 1.82) is 0 Å². The molecule has 0 radical (unpaired) electrons. The van der Waals surface area contributed by atoms with Crippen LogP contribution in [0.15, 0.2) is 24.3 Å². The Labute approximate surface area is 119 Å². The van der Waals surface area contributed by atoms with Gasteiger partial charge in [-0.3, -0.25) is 4.79 Å². The van der Waals surface area contributed by atoms with Crippen molar-refractivity contribution in [2.75, 3.05) is 27.2 Å². The highest BCUT2D eigenvalue weighted by molar-refractivity contribution is 5.89. The summed E-state index contributed by atoms with van der Waals surface area (Å²) in [4.78, 5) is 23.0. The number of rotatable bonds is 7. The van der Waals surface area contributed by atoms with Gasteiger partial charge in [0.1, 0.15) is 0 Å². The second-order valence-corrected chi connectivity index (χ2v) is 4.69. The summed E-state index contributed by atoms with van der Waals surface area (Å²) in [6, 6.07) is 7.20. The maximum Gasteiger partial charge on any atom is 0.337 e. The van der Waals surface area contributed by atoms with Crippen LogP contribution in [-0.4, -0.2) is 39.1 Å². The molecule has 1 unspecified atom stereocenters. The number of carbonyl (C=O) groups excluding carboxylic acids is 2. The number of benzene rings is 1. The Bertz CT molecular complexity index is 443. The Morgan fingerprint density at radius 3 is 2.45 bits per heavy atom. The highest BCUT2D eigenvalue weighted by Crippen LogP contribution is 2.06. The maximum atomic E-state index is 11.7. The van der Waals surface area contributed by atoms with Gasteiger partial charge >= 0.3 is 5.97 Å². The van der Waals surface area contributed by atoms with Crippen LogP contribution in [-0.2, 0) is 16.0 Å². The van der Waals surface area contributed by atoms with Crippen molar-refractivity contribution >= 4 is 11.9 Å². The lowest BCUT2D eigenvalue weighted by Gasteiger charge is -2.11. The summed E-state index contributed by atoms with van der Waals surface area (Å²) in [6.45, 7) is 3.14. The molecule has 1 atom stereocenters. The fourth-order valence-electron chi connectivity index (χ4n) is 1.83. The molecular formula is C15H22N2O3. The summed E-state index contributed by atoms with van der Waals surface area (Å²) in [5.74, 6) is -0.335. The second kappa shape index (κ2) is 8.32. The summed E-state index contributed by atoms with van der Waals surface area (Å²) >= 11 is 0. The molecule has 0 heterocycles. The van der Waals surface area contributed by atoms with Gasteiger partial charge in [-0.2, -0.15) is 0 Å². The van der Waals surface area contributed by atoms with E-state index in [1.165, 1.54) is 7.11 Å². The molecule has 0 aliphatic heterocycles. The molecule has 0 saturated heterocycles. The number of methoxy groups -OCH3 is 1. The van der Waals surface area contributed by atoms with Crippen LogP contribution in [0.4, 0.5) is 0 Å². The summed E-state index contributed by atoms with van der Waals surface area (Å²) in [5.41, 5.74) is 1.60. The Morgan fingerprint density at radius 2 is 1.90 bits per heavy atom. The molecule has 0 aliphatic rings. The Hall–Kier alpha value is -1.88. The molecule has 0 aromatic heterocycles. The van der Waals surface area contributed by atoms with Gasteiger partial charge < -0.3 is 15.4 Å². The Morgan fingerprint density at radius 1 is 1.25 bits per heavy atom. The fourth-order valence-corrected chi connectivity index (χ4v) is 1.83. The number of nitrogens with one attached hydrogen (secondary N) is 2. The molecule has 5 nitrogen and oxygen atoms in total. The zero-order valence-corrected chi connectivity index (χ0v) is 12.2. The molecule has 1 amide bonds. The van der Waals surface area contributed by atoms with Gasteiger partial charge in [-0.25, -0.2) is 4.79 Å². The highest BCUT2D eigenvalue weighted by atomic mass is 16.5. The first-order valence-electron chi connectivity index (χ1n) is 6.68. The molecule has 1 rings (SSSR count).